The Morgan fingerprint density at radius 3 is 1.78 bits per heavy atom. The number of carboxylic acids is 1. The van der Waals surface area contributed by atoms with Crippen LogP contribution in [0.25, 0.3) is 0 Å². The summed E-state index contributed by atoms with van der Waals surface area (Å²) in [4.78, 5) is 8.90. The summed E-state index contributed by atoms with van der Waals surface area (Å²) in [6.07, 6.45) is -8.48. The number of alkyl halides is 6. The first-order chi connectivity index (χ1) is 7.94. The lowest BCUT2D eigenvalue weighted by molar-refractivity contribution is -0.233. The molecular formula is C9H12F6O3. The molecule has 1 aliphatic carbocycles. The maximum Gasteiger partial charge on any atom is 0.490 e. The molecule has 108 valence electrons. The maximum atomic E-state index is 11.8. The third-order valence-corrected chi connectivity index (χ3v) is 2.15. The van der Waals surface area contributed by atoms with E-state index in [9.17, 15) is 26.3 Å². The van der Waals surface area contributed by atoms with Gasteiger partial charge in [0.25, 0.3) is 0 Å². The highest BCUT2D eigenvalue weighted by atomic mass is 19.4. The van der Waals surface area contributed by atoms with Crippen LogP contribution in [-0.4, -0.2) is 35.6 Å². The second-order valence-electron chi connectivity index (χ2n) is 3.68. The van der Waals surface area contributed by atoms with Crippen LogP contribution in [-0.2, 0) is 9.53 Å². The van der Waals surface area contributed by atoms with E-state index in [0.717, 1.165) is 26.2 Å². The Balaban J connectivity index is 0.000000360. The van der Waals surface area contributed by atoms with Crippen molar-refractivity contribution < 1.29 is 41.0 Å². The zero-order chi connectivity index (χ0) is 14.6. The smallest absolute Gasteiger partial charge is 0.475 e. The Labute approximate surface area is 98.7 Å². The van der Waals surface area contributed by atoms with Gasteiger partial charge in [0.2, 0.25) is 0 Å². The van der Waals surface area contributed by atoms with Crippen LogP contribution in [0.4, 0.5) is 26.3 Å². The summed E-state index contributed by atoms with van der Waals surface area (Å²) in [5.41, 5.74) is 0. The van der Waals surface area contributed by atoms with Crippen LogP contribution in [0.3, 0.4) is 0 Å². The molecule has 3 nitrogen and oxygen atoms in total. The summed E-state index contributed by atoms with van der Waals surface area (Å²) >= 11 is 0. The van der Waals surface area contributed by atoms with Crippen molar-refractivity contribution >= 4 is 5.97 Å². The van der Waals surface area contributed by atoms with Crippen molar-refractivity contribution in [3.8, 4) is 0 Å². The molecule has 1 atom stereocenters. The number of aliphatic carboxylic acids is 1. The number of hydrogen-bond acceptors (Lipinski definition) is 2. The molecule has 0 aliphatic heterocycles. The molecule has 0 amide bonds. The zero-order valence-corrected chi connectivity index (χ0v) is 9.31. The van der Waals surface area contributed by atoms with E-state index >= 15 is 0 Å². The first-order valence-corrected chi connectivity index (χ1v) is 4.97. The molecule has 0 saturated heterocycles. The predicted molar refractivity (Wildman–Crippen MR) is 47.9 cm³/mol. The number of rotatable bonds is 2. The molecule has 0 spiro atoms. The van der Waals surface area contributed by atoms with Gasteiger partial charge in [-0.15, -0.1) is 0 Å². The summed E-state index contributed by atoms with van der Waals surface area (Å²) in [7, 11) is 0. The molecule has 0 radical (unpaired) electrons. The number of hydrogen-bond donors (Lipinski definition) is 1. The fourth-order valence-corrected chi connectivity index (χ4v) is 0.873. The second kappa shape index (κ2) is 6.26. The first kappa shape index (κ1) is 17.0. The Kier molecular flexibility index (Phi) is 5.91. The topological polar surface area (TPSA) is 46.5 Å². The number of ether oxygens (including phenoxy) is 1. The number of halogens is 6. The monoisotopic (exact) mass is 282 g/mol. The van der Waals surface area contributed by atoms with Gasteiger partial charge in [0.1, 0.15) is 0 Å². The first-order valence-electron chi connectivity index (χ1n) is 4.97. The van der Waals surface area contributed by atoms with Gasteiger partial charge in [-0.3, -0.25) is 0 Å². The van der Waals surface area contributed by atoms with Gasteiger partial charge >= 0.3 is 18.3 Å². The Morgan fingerprint density at radius 2 is 1.61 bits per heavy atom. The van der Waals surface area contributed by atoms with Crippen molar-refractivity contribution in [1.82, 2.24) is 0 Å². The standard InChI is InChI=1S/C7H11F3O.C2HF3O2/c1-5(7(8,9)10)11-6-3-2-4-6;3-2(4,5)1(6)7/h5-6H,2-4H2,1H3;(H,6,7). The van der Waals surface area contributed by atoms with E-state index in [2.05, 4.69) is 0 Å². The molecule has 1 N–H and O–H groups in total. The summed E-state index contributed by atoms with van der Waals surface area (Å²) in [6, 6.07) is 0. The minimum Gasteiger partial charge on any atom is -0.475 e. The Morgan fingerprint density at radius 1 is 1.22 bits per heavy atom. The SMILES string of the molecule is CC(OC1CCC1)C(F)(F)F.O=C(O)C(F)(F)F. The van der Waals surface area contributed by atoms with Crippen LogP contribution < -0.4 is 0 Å². The van der Waals surface area contributed by atoms with Crippen molar-refractivity contribution in [1.29, 1.82) is 0 Å². The zero-order valence-electron chi connectivity index (χ0n) is 9.31. The van der Waals surface area contributed by atoms with Gasteiger partial charge in [0, 0.05) is 0 Å². The maximum absolute atomic E-state index is 11.8. The summed E-state index contributed by atoms with van der Waals surface area (Å²) in [6.45, 7) is 1.05. The van der Waals surface area contributed by atoms with E-state index in [1.807, 2.05) is 0 Å². The fraction of sp³-hybridized carbons (Fsp3) is 0.889. The molecule has 1 fully saturated rings. The minimum absolute atomic E-state index is 0.147. The van der Waals surface area contributed by atoms with E-state index < -0.39 is 24.4 Å². The third-order valence-electron chi connectivity index (χ3n) is 2.15. The van der Waals surface area contributed by atoms with Crippen molar-refractivity contribution in [3.63, 3.8) is 0 Å². The molecule has 1 rings (SSSR count). The van der Waals surface area contributed by atoms with Gasteiger partial charge in [-0.2, -0.15) is 26.3 Å². The molecule has 18 heavy (non-hydrogen) atoms. The van der Waals surface area contributed by atoms with Crippen LogP contribution in [0, 0.1) is 0 Å². The van der Waals surface area contributed by atoms with Gasteiger partial charge in [-0.05, 0) is 26.2 Å². The average Bonchev–Trinajstić information content (AvgIpc) is 2.08. The highest BCUT2D eigenvalue weighted by Gasteiger charge is 2.39. The van der Waals surface area contributed by atoms with Crippen LogP contribution >= 0.6 is 0 Å². The van der Waals surface area contributed by atoms with Crippen LogP contribution in [0.15, 0.2) is 0 Å². The highest BCUT2D eigenvalue weighted by molar-refractivity contribution is 5.73. The summed E-state index contributed by atoms with van der Waals surface area (Å²) in [5, 5.41) is 7.12. The molecule has 0 aromatic heterocycles. The normalized spacial score (nSPS) is 18.4. The molecule has 0 aromatic carbocycles. The molecule has 0 bridgehead atoms. The molecule has 9 heteroatoms. The van der Waals surface area contributed by atoms with E-state index in [0.29, 0.717) is 0 Å². The predicted octanol–water partition coefficient (Wildman–Crippen LogP) is 3.14. The molecule has 0 heterocycles. The Bertz CT molecular complexity index is 268. The molecule has 1 aliphatic rings. The fourth-order valence-electron chi connectivity index (χ4n) is 0.873. The largest absolute Gasteiger partial charge is 0.490 e. The molecular weight excluding hydrogens is 270 g/mol. The van der Waals surface area contributed by atoms with Crippen LogP contribution in [0.2, 0.25) is 0 Å². The lowest BCUT2D eigenvalue weighted by Gasteiger charge is -2.29. The van der Waals surface area contributed by atoms with Crippen molar-refractivity contribution in [2.45, 2.75) is 50.7 Å². The van der Waals surface area contributed by atoms with Gasteiger partial charge in [-0.1, -0.05) is 0 Å². The van der Waals surface area contributed by atoms with E-state index in [4.69, 9.17) is 14.6 Å². The molecule has 1 unspecified atom stereocenters. The lowest BCUT2D eigenvalue weighted by atomic mass is 9.96. The van der Waals surface area contributed by atoms with E-state index in [1.54, 1.807) is 0 Å². The second-order valence-corrected chi connectivity index (χ2v) is 3.68. The van der Waals surface area contributed by atoms with Gasteiger partial charge in [0.15, 0.2) is 6.10 Å². The molecule has 1 saturated carbocycles. The summed E-state index contributed by atoms with van der Waals surface area (Å²) in [5.74, 6) is -2.76. The van der Waals surface area contributed by atoms with E-state index in [1.165, 1.54) is 0 Å². The lowest BCUT2D eigenvalue weighted by Crippen LogP contribution is -2.35. The summed E-state index contributed by atoms with van der Waals surface area (Å²) < 4.78 is 72.0. The van der Waals surface area contributed by atoms with Gasteiger partial charge in [0.05, 0.1) is 6.10 Å². The minimum atomic E-state index is -5.08. The van der Waals surface area contributed by atoms with Crippen LogP contribution in [0.1, 0.15) is 26.2 Å². The van der Waals surface area contributed by atoms with Crippen LogP contribution in [0.5, 0.6) is 0 Å². The van der Waals surface area contributed by atoms with E-state index in [-0.39, 0.29) is 6.10 Å². The number of carbonyl (C=O) groups is 1. The van der Waals surface area contributed by atoms with Crippen molar-refractivity contribution in [3.05, 3.63) is 0 Å². The molecule has 0 aromatic rings. The van der Waals surface area contributed by atoms with Gasteiger partial charge < -0.3 is 9.84 Å². The highest BCUT2D eigenvalue weighted by Crippen LogP contribution is 2.29. The van der Waals surface area contributed by atoms with Crippen molar-refractivity contribution in [2.24, 2.45) is 0 Å². The quantitative estimate of drug-likeness (QED) is 0.791. The van der Waals surface area contributed by atoms with Gasteiger partial charge in [-0.25, -0.2) is 4.79 Å². The Hall–Kier alpha value is -0.990. The average molecular weight is 282 g/mol. The van der Waals surface area contributed by atoms with Crippen molar-refractivity contribution in [2.75, 3.05) is 0 Å². The third kappa shape index (κ3) is 6.67. The number of carboxylic acid groups (broad SMARTS) is 1.